The fraction of sp³-hybridized carbons (Fsp3) is 0.467. The number of carbonyl (C=O) groups excluding carboxylic acids is 2. The minimum atomic E-state index is -3.82. The van der Waals surface area contributed by atoms with Crippen LogP contribution >= 0.6 is 11.8 Å². The van der Waals surface area contributed by atoms with Crippen molar-refractivity contribution >= 4 is 33.7 Å². The zero-order valence-corrected chi connectivity index (χ0v) is 16.0. The second kappa shape index (κ2) is 9.16. The molecule has 0 heterocycles. The Morgan fingerprint density at radius 2 is 2.00 bits per heavy atom. The summed E-state index contributed by atoms with van der Waals surface area (Å²) in [7, 11) is 0.0194. The summed E-state index contributed by atoms with van der Waals surface area (Å²) in [6.45, 7) is 0. The Morgan fingerprint density at radius 1 is 1.36 bits per heavy atom. The number of hydrogen-bond donors (Lipinski definition) is 1. The van der Waals surface area contributed by atoms with Gasteiger partial charge in [-0.15, -0.1) is 0 Å². The lowest BCUT2D eigenvalue weighted by Crippen LogP contribution is -2.42. The molecule has 0 aliphatic rings. The number of sulfonamides is 1. The lowest BCUT2D eigenvalue weighted by molar-refractivity contribution is -0.142. The summed E-state index contributed by atoms with van der Waals surface area (Å²) in [6.07, 6.45) is 2.14. The monoisotopic (exact) mass is 392 g/mol. The van der Waals surface area contributed by atoms with Crippen LogP contribution in [0.15, 0.2) is 23.1 Å². The van der Waals surface area contributed by atoms with Crippen LogP contribution in [0.4, 0.5) is 4.39 Å². The molecule has 7 nitrogen and oxygen atoms in total. The lowest BCUT2D eigenvalue weighted by atomic mass is 10.1. The van der Waals surface area contributed by atoms with Gasteiger partial charge in [0, 0.05) is 14.1 Å². The molecule has 1 N–H and O–H groups in total. The van der Waals surface area contributed by atoms with Crippen molar-refractivity contribution in [3.8, 4) is 0 Å². The van der Waals surface area contributed by atoms with Crippen molar-refractivity contribution < 1.29 is 27.1 Å². The van der Waals surface area contributed by atoms with E-state index < -0.39 is 39.3 Å². The zero-order valence-electron chi connectivity index (χ0n) is 14.4. The molecule has 0 saturated carbocycles. The third-order valence-corrected chi connectivity index (χ3v) is 5.82. The Hall–Kier alpha value is -1.65. The average molecular weight is 392 g/mol. The van der Waals surface area contributed by atoms with Crippen LogP contribution in [-0.4, -0.2) is 63.9 Å². The predicted molar refractivity (Wildman–Crippen MR) is 93.5 cm³/mol. The van der Waals surface area contributed by atoms with E-state index in [1.165, 1.54) is 33.0 Å². The van der Waals surface area contributed by atoms with Crippen LogP contribution in [0.1, 0.15) is 16.8 Å². The van der Waals surface area contributed by atoms with Gasteiger partial charge in [0.2, 0.25) is 10.0 Å². The van der Waals surface area contributed by atoms with E-state index in [4.69, 9.17) is 0 Å². The average Bonchev–Trinajstić information content (AvgIpc) is 2.57. The molecule has 0 unspecified atom stereocenters. The molecule has 1 atom stereocenters. The molecule has 1 aromatic carbocycles. The van der Waals surface area contributed by atoms with Gasteiger partial charge in [0.15, 0.2) is 0 Å². The molecule has 0 aromatic heterocycles. The Bertz CT molecular complexity index is 737. The third kappa shape index (κ3) is 5.41. The Morgan fingerprint density at radius 3 is 2.52 bits per heavy atom. The summed E-state index contributed by atoms with van der Waals surface area (Å²) in [5.41, 5.74) is -0.457. The first-order valence-corrected chi connectivity index (χ1v) is 10.1. The summed E-state index contributed by atoms with van der Waals surface area (Å²) in [5.74, 6) is -1.84. The van der Waals surface area contributed by atoms with Gasteiger partial charge in [-0.05, 0) is 36.6 Å². The third-order valence-electron chi connectivity index (χ3n) is 3.36. The van der Waals surface area contributed by atoms with Gasteiger partial charge in [-0.1, -0.05) is 0 Å². The number of nitrogens with zero attached hydrogens (tertiary/aromatic N) is 1. The number of nitrogens with one attached hydrogen (secondary N) is 1. The molecule has 0 bridgehead atoms. The Labute approximate surface area is 151 Å². The minimum absolute atomic E-state index is 0.220. The highest BCUT2D eigenvalue weighted by molar-refractivity contribution is 7.98. The first-order valence-electron chi connectivity index (χ1n) is 7.24. The number of thioether (sulfide) groups is 1. The van der Waals surface area contributed by atoms with E-state index in [9.17, 15) is 22.4 Å². The molecule has 1 aromatic rings. The minimum Gasteiger partial charge on any atom is -0.467 e. The zero-order chi connectivity index (χ0) is 19.2. The molecule has 1 rings (SSSR count). The molecule has 0 spiro atoms. The van der Waals surface area contributed by atoms with Crippen LogP contribution in [0.2, 0.25) is 0 Å². The molecule has 1 amide bonds. The molecule has 0 aliphatic carbocycles. The van der Waals surface area contributed by atoms with Crippen LogP contribution in [0.3, 0.4) is 0 Å². The predicted octanol–water partition coefficient (Wildman–Crippen LogP) is 1.10. The number of ether oxygens (including phenoxy) is 1. The number of benzene rings is 1. The first kappa shape index (κ1) is 21.4. The summed E-state index contributed by atoms with van der Waals surface area (Å²) >= 11 is 1.47. The topological polar surface area (TPSA) is 92.8 Å². The first-order chi connectivity index (χ1) is 11.6. The van der Waals surface area contributed by atoms with Crippen LogP contribution in [0.5, 0.6) is 0 Å². The van der Waals surface area contributed by atoms with Gasteiger partial charge in [-0.2, -0.15) is 11.8 Å². The number of carbonyl (C=O) groups is 2. The van der Waals surface area contributed by atoms with Crippen molar-refractivity contribution in [1.82, 2.24) is 9.62 Å². The van der Waals surface area contributed by atoms with E-state index in [0.29, 0.717) is 12.2 Å². The van der Waals surface area contributed by atoms with Gasteiger partial charge in [-0.3, -0.25) is 4.79 Å². The lowest BCUT2D eigenvalue weighted by Gasteiger charge is -2.17. The Kier molecular flexibility index (Phi) is 7.84. The molecule has 0 radical (unpaired) electrons. The standard InChI is InChI=1S/C15H21FN2O5S2/c1-18(2)25(21,22)10-5-6-12(16)11(9-10)14(19)17-13(7-8-24-4)15(20)23-3/h5-6,9,13H,7-8H2,1-4H3,(H,17,19)/t13-/m0/s1. The van der Waals surface area contributed by atoms with Crippen LogP contribution < -0.4 is 5.32 Å². The highest BCUT2D eigenvalue weighted by Gasteiger charge is 2.25. The molecule has 0 saturated heterocycles. The molecule has 0 fully saturated rings. The number of halogens is 1. The van der Waals surface area contributed by atoms with Gasteiger partial charge in [0.25, 0.3) is 5.91 Å². The smallest absolute Gasteiger partial charge is 0.328 e. The molecular formula is C15H21FN2O5S2. The largest absolute Gasteiger partial charge is 0.467 e. The summed E-state index contributed by atoms with van der Waals surface area (Å²) in [6, 6.07) is 1.98. The molecule has 10 heteroatoms. The maximum absolute atomic E-state index is 14.0. The number of rotatable bonds is 8. The van der Waals surface area contributed by atoms with Crippen molar-refractivity contribution in [2.24, 2.45) is 0 Å². The SMILES string of the molecule is COC(=O)[C@H](CCSC)NC(=O)c1cc(S(=O)(=O)N(C)C)ccc1F. The number of esters is 1. The van der Waals surface area contributed by atoms with E-state index >= 15 is 0 Å². The maximum atomic E-state index is 14.0. The molecule has 0 aliphatic heterocycles. The number of amides is 1. The van der Waals surface area contributed by atoms with Gasteiger partial charge >= 0.3 is 5.97 Å². The fourth-order valence-corrected chi connectivity index (χ4v) is 3.31. The van der Waals surface area contributed by atoms with E-state index in [2.05, 4.69) is 10.1 Å². The fourth-order valence-electron chi connectivity index (χ4n) is 1.91. The van der Waals surface area contributed by atoms with Crippen molar-refractivity contribution in [3.63, 3.8) is 0 Å². The Balaban J connectivity index is 3.13. The van der Waals surface area contributed by atoms with Crippen LogP contribution in [-0.2, 0) is 19.6 Å². The number of hydrogen-bond acceptors (Lipinski definition) is 6. The molecule has 140 valence electrons. The van der Waals surface area contributed by atoms with Crippen LogP contribution in [0, 0.1) is 5.82 Å². The van der Waals surface area contributed by atoms with E-state index in [1.807, 2.05) is 6.26 Å². The van der Waals surface area contributed by atoms with E-state index in [-0.39, 0.29) is 4.90 Å². The van der Waals surface area contributed by atoms with Gasteiger partial charge < -0.3 is 10.1 Å². The van der Waals surface area contributed by atoms with Crippen molar-refractivity contribution in [2.45, 2.75) is 17.4 Å². The van der Waals surface area contributed by atoms with Crippen molar-refractivity contribution in [1.29, 1.82) is 0 Å². The van der Waals surface area contributed by atoms with Crippen LogP contribution in [0.25, 0.3) is 0 Å². The van der Waals surface area contributed by atoms with Gasteiger partial charge in [0.1, 0.15) is 11.9 Å². The quantitative estimate of drug-likeness (QED) is 0.666. The normalized spacial score (nSPS) is 12.7. The molecular weight excluding hydrogens is 371 g/mol. The molecule has 25 heavy (non-hydrogen) atoms. The van der Waals surface area contributed by atoms with Crippen molar-refractivity contribution in [2.75, 3.05) is 33.2 Å². The van der Waals surface area contributed by atoms with Gasteiger partial charge in [0.05, 0.1) is 17.6 Å². The summed E-state index contributed by atoms with van der Waals surface area (Å²) < 4.78 is 43.8. The van der Waals surface area contributed by atoms with Crippen molar-refractivity contribution in [3.05, 3.63) is 29.6 Å². The highest BCUT2D eigenvalue weighted by Crippen LogP contribution is 2.18. The summed E-state index contributed by atoms with van der Waals surface area (Å²) in [4.78, 5) is 23.9. The highest BCUT2D eigenvalue weighted by atomic mass is 32.2. The second-order valence-corrected chi connectivity index (χ2v) is 8.40. The number of methoxy groups -OCH3 is 1. The second-order valence-electron chi connectivity index (χ2n) is 5.26. The summed E-state index contributed by atoms with van der Waals surface area (Å²) in [5, 5.41) is 2.39. The van der Waals surface area contributed by atoms with E-state index in [1.54, 1.807) is 0 Å². The maximum Gasteiger partial charge on any atom is 0.328 e. The van der Waals surface area contributed by atoms with E-state index in [0.717, 1.165) is 22.5 Å². The van der Waals surface area contributed by atoms with Gasteiger partial charge in [-0.25, -0.2) is 21.9 Å².